The molecular formula is C16H17N5O2S. The van der Waals surface area contributed by atoms with Crippen LogP contribution >= 0.6 is 11.8 Å². The fraction of sp³-hybridized carbons (Fsp3) is 0.188. The van der Waals surface area contributed by atoms with Crippen LogP contribution in [0.2, 0.25) is 0 Å². The van der Waals surface area contributed by atoms with E-state index >= 15 is 0 Å². The molecule has 24 heavy (non-hydrogen) atoms. The van der Waals surface area contributed by atoms with E-state index in [1.807, 2.05) is 35.0 Å². The van der Waals surface area contributed by atoms with Gasteiger partial charge in [-0.25, -0.2) is 4.98 Å². The number of methoxy groups -OCH3 is 1. The summed E-state index contributed by atoms with van der Waals surface area (Å²) in [4.78, 5) is 16.3. The number of aromatic nitrogens is 4. The van der Waals surface area contributed by atoms with Gasteiger partial charge in [-0.2, -0.15) is 5.10 Å². The second-order valence-electron chi connectivity index (χ2n) is 4.99. The first-order valence-electron chi connectivity index (χ1n) is 7.26. The van der Waals surface area contributed by atoms with Gasteiger partial charge in [-0.15, -0.1) is 0 Å². The Kier molecular flexibility index (Phi) is 4.85. The van der Waals surface area contributed by atoms with Gasteiger partial charge in [0.1, 0.15) is 5.75 Å². The van der Waals surface area contributed by atoms with Crippen LogP contribution in [0.15, 0.2) is 54.1 Å². The lowest BCUT2D eigenvalue weighted by atomic mass is 10.3. The summed E-state index contributed by atoms with van der Waals surface area (Å²) in [5, 5.41) is 7.62. The Bertz CT molecular complexity index is 825. The number of nitrogens with one attached hydrogen (secondary N) is 1. The molecule has 0 unspecified atom stereocenters. The highest BCUT2D eigenvalue weighted by molar-refractivity contribution is 7.99. The van der Waals surface area contributed by atoms with Gasteiger partial charge >= 0.3 is 0 Å². The quantitative estimate of drug-likeness (QED) is 0.696. The zero-order chi connectivity index (χ0) is 16.9. The van der Waals surface area contributed by atoms with Crippen LogP contribution in [0.5, 0.6) is 5.75 Å². The van der Waals surface area contributed by atoms with Crippen molar-refractivity contribution in [2.75, 3.05) is 18.2 Å². The summed E-state index contributed by atoms with van der Waals surface area (Å²) in [6, 6.07) is 9.41. The van der Waals surface area contributed by atoms with Crippen molar-refractivity contribution in [3.8, 4) is 11.4 Å². The van der Waals surface area contributed by atoms with Crippen LogP contribution in [0.4, 0.5) is 5.82 Å². The normalized spacial score (nSPS) is 10.6. The Morgan fingerprint density at radius 3 is 2.71 bits per heavy atom. The molecule has 1 N–H and O–H groups in total. The highest BCUT2D eigenvalue weighted by atomic mass is 32.2. The molecule has 0 saturated carbocycles. The molecule has 2 aromatic heterocycles. The van der Waals surface area contributed by atoms with Crippen molar-refractivity contribution in [1.82, 2.24) is 19.3 Å². The molecule has 1 aromatic carbocycles. The van der Waals surface area contributed by atoms with E-state index in [0.717, 1.165) is 16.6 Å². The maximum Gasteiger partial charge on any atom is 0.236 e. The summed E-state index contributed by atoms with van der Waals surface area (Å²) >= 11 is 1.37. The molecule has 0 radical (unpaired) electrons. The number of aryl methyl sites for hydroxylation is 1. The Morgan fingerprint density at radius 1 is 1.25 bits per heavy atom. The summed E-state index contributed by atoms with van der Waals surface area (Å²) in [6.45, 7) is 0. The fourth-order valence-electron chi connectivity index (χ4n) is 2.13. The van der Waals surface area contributed by atoms with Gasteiger partial charge in [-0.3, -0.25) is 14.0 Å². The van der Waals surface area contributed by atoms with Crippen molar-refractivity contribution in [2.45, 2.75) is 5.16 Å². The predicted molar refractivity (Wildman–Crippen MR) is 92.7 cm³/mol. The van der Waals surface area contributed by atoms with E-state index < -0.39 is 0 Å². The minimum absolute atomic E-state index is 0.122. The molecule has 0 aliphatic heterocycles. The monoisotopic (exact) mass is 343 g/mol. The van der Waals surface area contributed by atoms with Gasteiger partial charge < -0.3 is 10.1 Å². The molecule has 0 spiro atoms. The van der Waals surface area contributed by atoms with Gasteiger partial charge in [-0.05, 0) is 24.3 Å². The molecule has 124 valence electrons. The van der Waals surface area contributed by atoms with Crippen LogP contribution in [0.1, 0.15) is 0 Å². The van der Waals surface area contributed by atoms with Crippen molar-refractivity contribution in [1.29, 1.82) is 0 Å². The minimum atomic E-state index is -0.122. The highest BCUT2D eigenvalue weighted by Gasteiger charge is 2.10. The third-order valence-electron chi connectivity index (χ3n) is 3.27. The molecule has 0 saturated heterocycles. The van der Waals surface area contributed by atoms with Crippen LogP contribution in [-0.4, -0.2) is 38.1 Å². The molecule has 0 atom stereocenters. The maximum absolute atomic E-state index is 12.0. The molecular weight excluding hydrogens is 326 g/mol. The molecule has 7 nitrogen and oxygen atoms in total. The zero-order valence-corrected chi connectivity index (χ0v) is 14.2. The van der Waals surface area contributed by atoms with Crippen LogP contribution in [0.25, 0.3) is 5.69 Å². The van der Waals surface area contributed by atoms with Crippen molar-refractivity contribution >= 4 is 23.5 Å². The molecule has 0 fully saturated rings. The first-order chi connectivity index (χ1) is 11.7. The minimum Gasteiger partial charge on any atom is -0.497 e. The highest BCUT2D eigenvalue weighted by Crippen LogP contribution is 2.22. The van der Waals surface area contributed by atoms with Crippen molar-refractivity contribution < 1.29 is 9.53 Å². The lowest BCUT2D eigenvalue weighted by Crippen LogP contribution is -2.15. The molecule has 1 amide bonds. The summed E-state index contributed by atoms with van der Waals surface area (Å²) in [5.41, 5.74) is 0.959. The smallest absolute Gasteiger partial charge is 0.236 e. The van der Waals surface area contributed by atoms with Crippen LogP contribution in [-0.2, 0) is 11.8 Å². The number of thioether (sulfide) groups is 1. The van der Waals surface area contributed by atoms with Crippen molar-refractivity contribution in [3.63, 3.8) is 0 Å². The van der Waals surface area contributed by atoms with Gasteiger partial charge in [0.25, 0.3) is 0 Å². The van der Waals surface area contributed by atoms with E-state index in [1.54, 1.807) is 37.3 Å². The Balaban J connectivity index is 1.63. The topological polar surface area (TPSA) is 74.0 Å². The number of carbonyl (C=O) groups excluding carboxylic acids is 1. The number of nitrogens with zero attached hydrogens (tertiary/aromatic N) is 4. The number of hydrogen-bond donors (Lipinski definition) is 1. The fourth-order valence-corrected chi connectivity index (χ4v) is 2.90. The second kappa shape index (κ2) is 7.22. The molecule has 3 aromatic rings. The standard InChI is InChI=1S/C16H17N5O2S/c1-20-9-7-14(19-20)18-15(22)11-24-16-17-8-10-21(16)12-3-5-13(23-2)6-4-12/h3-10H,11H2,1-2H3,(H,18,19,22). The SMILES string of the molecule is COc1ccc(-n2ccnc2SCC(=O)Nc2ccn(C)n2)cc1. The Hall–Kier alpha value is -2.74. The van der Waals surface area contributed by atoms with Gasteiger partial charge in [0.15, 0.2) is 11.0 Å². The van der Waals surface area contributed by atoms with E-state index in [-0.39, 0.29) is 11.7 Å². The number of anilines is 1. The van der Waals surface area contributed by atoms with Crippen molar-refractivity contribution in [3.05, 3.63) is 48.9 Å². The molecule has 2 heterocycles. The second-order valence-corrected chi connectivity index (χ2v) is 5.93. The number of imidazole rings is 1. The number of hydrogen-bond acceptors (Lipinski definition) is 5. The number of amides is 1. The first kappa shape index (κ1) is 16.1. The van der Waals surface area contributed by atoms with E-state index in [2.05, 4.69) is 15.4 Å². The maximum atomic E-state index is 12.0. The van der Waals surface area contributed by atoms with Gasteiger partial charge in [-0.1, -0.05) is 11.8 Å². The average Bonchev–Trinajstić information content (AvgIpc) is 3.22. The third kappa shape index (κ3) is 3.77. The Labute approximate surface area is 143 Å². The number of benzene rings is 1. The summed E-state index contributed by atoms with van der Waals surface area (Å²) < 4.78 is 8.73. The van der Waals surface area contributed by atoms with Gasteiger partial charge in [0.05, 0.1) is 12.9 Å². The summed E-state index contributed by atoms with van der Waals surface area (Å²) in [6.07, 6.45) is 5.35. The molecule has 0 aliphatic carbocycles. The van der Waals surface area contributed by atoms with E-state index in [1.165, 1.54) is 11.8 Å². The van der Waals surface area contributed by atoms with Gasteiger partial charge in [0, 0.05) is 37.4 Å². The molecule has 3 rings (SSSR count). The molecule has 0 aliphatic rings. The van der Waals surface area contributed by atoms with Crippen LogP contribution in [0.3, 0.4) is 0 Å². The molecule has 0 bridgehead atoms. The van der Waals surface area contributed by atoms with Gasteiger partial charge in [0.2, 0.25) is 5.91 Å². The largest absolute Gasteiger partial charge is 0.497 e. The van der Waals surface area contributed by atoms with Crippen LogP contribution in [0, 0.1) is 0 Å². The lowest BCUT2D eigenvalue weighted by molar-refractivity contribution is -0.113. The predicted octanol–water partition coefficient (Wildman–Crippen LogP) is 2.35. The number of carbonyl (C=O) groups is 1. The first-order valence-corrected chi connectivity index (χ1v) is 8.24. The van der Waals surface area contributed by atoms with Crippen LogP contribution < -0.4 is 10.1 Å². The molecule has 8 heteroatoms. The number of rotatable bonds is 6. The lowest BCUT2D eigenvalue weighted by Gasteiger charge is -2.08. The van der Waals surface area contributed by atoms with Crippen molar-refractivity contribution in [2.24, 2.45) is 7.05 Å². The van der Waals surface area contributed by atoms with E-state index in [9.17, 15) is 4.79 Å². The summed E-state index contributed by atoms with van der Waals surface area (Å²) in [5.74, 6) is 1.47. The van der Waals surface area contributed by atoms with E-state index in [0.29, 0.717) is 5.82 Å². The average molecular weight is 343 g/mol. The Morgan fingerprint density at radius 2 is 2.04 bits per heavy atom. The van der Waals surface area contributed by atoms with E-state index in [4.69, 9.17) is 4.74 Å². The zero-order valence-electron chi connectivity index (χ0n) is 13.3. The number of ether oxygens (including phenoxy) is 1. The third-order valence-corrected chi connectivity index (χ3v) is 4.24. The summed E-state index contributed by atoms with van der Waals surface area (Å²) in [7, 11) is 3.43.